The second-order valence-corrected chi connectivity index (χ2v) is 5.26. The summed E-state index contributed by atoms with van der Waals surface area (Å²) in [5, 5.41) is 5.91. The van der Waals surface area contributed by atoms with Crippen LogP contribution < -0.4 is 5.32 Å². The normalized spacial score (nSPS) is 10.5. The van der Waals surface area contributed by atoms with Crippen molar-refractivity contribution in [2.45, 2.75) is 6.54 Å². The predicted octanol–water partition coefficient (Wildman–Crippen LogP) is 4.42. The largest absolute Gasteiger partial charge is 0.348 e. The molecule has 21 heavy (non-hydrogen) atoms. The third-order valence-corrected chi connectivity index (χ3v) is 3.68. The molecule has 0 fully saturated rings. The van der Waals surface area contributed by atoms with Crippen LogP contribution in [0.2, 0.25) is 5.02 Å². The summed E-state index contributed by atoms with van der Waals surface area (Å²) in [7, 11) is 0. The minimum atomic E-state index is -0.0976. The van der Waals surface area contributed by atoms with E-state index in [9.17, 15) is 4.79 Å². The number of hydrogen-bond donors (Lipinski definition) is 1. The number of carbonyl (C=O) groups is 1. The van der Waals surface area contributed by atoms with E-state index in [1.807, 2.05) is 24.3 Å². The van der Waals surface area contributed by atoms with Crippen LogP contribution in [-0.2, 0) is 6.54 Å². The van der Waals surface area contributed by atoms with Gasteiger partial charge in [-0.2, -0.15) is 0 Å². The molecule has 0 aliphatic rings. The lowest BCUT2D eigenvalue weighted by atomic mass is 10.0. The van der Waals surface area contributed by atoms with Gasteiger partial charge >= 0.3 is 0 Å². The van der Waals surface area contributed by atoms with Gasteiger partial charge in [-0.25, -0.2) is 0 Å². The van der Waals surface area contributed by atoms with Crippen molar-refractivity contribution < 1.29 is 4.79 Å². The van der Waals surface area contributed by atoms with Crippen LogP contribution in [0.4, 0.5) is 0 Å². The van der Waals surface area contributed by atoms with Crippen molar-refractivity contribution in [3.8, 4) is 0 Å². The van der Waals surface area contributed by atoms with Gasteiger partial charge in [0.25, 0.3) is 5.91 Å². The molecule has 1 amide bonds. The minimum Gasteiger partial charge on any atom is -0.348 e. The molecule has 0 spiro atoms. The molecule has 2 nitrogen and oxygen atoms in total. The minimum absolute atomic E-state index is 0.0976. The van der Waals surface area contributed by atoms with Crippen molar-refractivity contribution in [3.63, 3.8) is 0 Å². The van der Waals surface area contributed by atoms with Crippen molar-refractivity contribution >= 4 is 28.3 Å². The van der Waals surface area contributed by atoms with Crippen molar-refractivity contribution in [2.75, 3.05) is 0 Å². The first-order valence-electron chi connectivity index (χ1n) is 6.74. The molecule has 0 aliphatic heterocycles. The first kappa shape index (κ1) is 13.7. The van der Waals surface area contributed by atoms with Gasteiger partial charge in [0.15, 0.2) is 0 Å². The Hall–Kier alpha value is -2.32. The number of carbonyl (C=O) groups excluding carboxylic acids is 1. The number of fused-ring (bicyclic) bond motifs is 1. The van der Waals surface area contributed by atoms with E-state index in [1.165, 1.54) is 5.39 Å². The van der Waals surface area contributed by atoms with Gasteiger partial charge in [0.05, 0.1) is 0 Å². The quantitative estimate of drug-likeness (QED) is 0.761. The van der Waals surface area contributed by atoms with E-state index < -0.39 is 0 Å². The summed E-state index contributed by atoms with van der Waals surface area (Å²) in [6.07, 6.45) is 0. The highest BCUT2D eigenvalue weighted by molar-refractivity contribution is 6.30. The zero-order valence-corrected chi connectivity index (χ0v) is 12.1. The Morgan fingerprint density at radius 2 is 1.62 bits per heavy atom. The van der Waals surface area contributed by atoms with Crippen molar-refractivity contribution in [3.05, 3.63) is 82.9 Å². The van der Waals surface area contributed by atoms with E-state index in [0.717, 1.165) is 10.9 Å². The maximum Gasteiger partial charge on any atom is 0.251 e. The van der Waals surface area contributed by atoms with E-state index in [-0.39, 0.29) is 5.91 Å². The number of rotatable bonds is 3. The number of nitrogens with one attached hydrogen (secondary N) is 1. The van der Waals surface area contributed by atoms with Gasteiger partial charge < -0.3 is 5.32 Å². The Kier molecular flexibility index (Phi) is 3.89. The molecule has 3 rings (SSSR count). The SMILES string of the molecule is O=C(NCc1cccc2ccccc12)c1ccc(Cl)cc1. The van der Waals surface area contributed by atoms with Crippen molar-refractivity contribution in [1.29, 1.82) is 0 Å². The second kappa shape index (κ2) is 5.98. The van der Waals surface area contributed by atoms with E-state index in [4.69, 9.17) is 11.6 Å². The molecule has 0 bridgehead atoms. The molecule has 0 aromatic heterocycles. The Balaban J connectivity index is 1.77. The van der Waals surface area contributed by atoms with Crippen LogP contribution in [0, 0.1) is 0 Å². The summed E-state index contributed by atoms with van der Waals surface area (Å²) in [6.45, 7) is 0.503. The molecule has 0 saturated carbocycles. The Morgan fingerprint density at radius 3 is 2.43 bits per heavy atom. The predicted molar refractivity (Wildman–Crippen MR) is 86.6 cm³/mol. The van der Waals surface area contributed by atoms with Crippen LogP contribution in [0.5, 0.6) is 0 Å². The molecular formula is C18H14ClNO. The summed E-state index contributed by atoms with van der Waals surface area (Å²) in [5.74, 6) is -0.0976. The zero-order chi connectivity index (χ0) is 14.7. The number of halogens is 1. The summed E-state index contributed by atoms with van der Waals surface area (Å²) in [6, 6.07) is 21.1. The Labute approximate surface area is 128 Å². The molecule has 3 heteroatoms. The molecule has 104 valence electrons. The highest BCUT2D eigenvalue weighted by Crippen LogP contribution is 2.18. The molecule has 0 aliphatic carbocycles. The molecule has 0 saturated heterocycles. The molecule has 3 aromatic rings. The van der Waals surface area contributed by atoms with Crippen LogP contribution in [0.15, 0.2) is 66.7 Å². The van der Waals surface area contributed by atoms with Crippen molar-refractivity contribution in [1.82, 2.24) is 5.32 Å². The van der Waals surface area contributed by atoms with Gasteiger partial charge in [0, 0.05) is 17.1 Å². The van der Waals surface area contributed by atoms with E-state index in [2.05, 4.69) is 23.5 Å². The van der Waals surface area contributed by atoms with Crippen LogP contribution in [0.1, 0.15) is 15.9 Å². The number of benzene rings is 3. The molecule has 0 heterocycles. The van der Waals surface area contributed by atoms with Gasteiger partial charge in [-0.05, 0) is 40.6 Å². The molecular weight excluding hydrogens is 282 g/mol. The van der Waals surface area contributed by atoms with Crippen LogP contribution in [0.3, 0.4) is 0 Å². The average Bonchev–Trinajstić information content (AvgIpc) is 2.53. The lowest BCUT2D eigenvalue weighted by Gasteiger charge is -2.08. The fraction of sp³-hybridized carbons (Fsp3) is 0.0556. The summed E-state index contributed by atoms with van der Waals surface area (Å²) >= 11 is 5.82. The van der Waals surface area contributed by atoms with Crippen LogP contribution >= 0.6 is 11.6 Å². The summed E-state index contributed by atoms with van der Waals surface area (Å²) in [4.78, 5) is 12.1. The zero-order valence-electron chi connectivity index (χ0n) is 11.3. The van der Waals surface area contributed by atoms with Gasteiger partial charge in [0.2, 0.25) is 0 Å². The van der Waals surface area contributed by atoms with Gasteiger partial charge in [-0.1, -0.05) is 54.1 Å². The molecule has 3 aromatic carbocycles. The maximum absolute atomic E-state index is 12.1. The Morgan fingerprint density at radius 1 is 0.905 bits per heavy atom. The third kappa shape index (κ3) is 3.06. The van der Waals surface area contributed by atoms with Crippen molar-refractivity contribution in [2.24, 2.45) is 0 Å². The van der Waals surface area contributed by atoms with Crippen LogP contribution in [-0.4, -0.2) is 5.91 Å². The summed E-state index contributed by atoms with van der Waals surface area (Å²) < 4.78 is 0. The molecule has 1 N–H and O–H groups in total. The fourth-order valence-corrected chi connectivity index (χ4v) is 2.45. The molecule has 0 atom stereocenters. The van der Waals surface area contributed by atoms with Gasteiger partial charge in [0.1, 0.15) is 0 Å². The first-order chi connectivity index (χ1) is 10.2. The summed E-state index contributed by atoms with van der Waals surface area (Å²) in [5.41, 5.74) is 1.72. The number of hydrogen-bond acceptors (Lipinski definition) is 1. The van der Waals surface area contributed by atoms with Crippen LogP contribution in [0.25, 0.3) is 10.8 Å². The second-order valence-electron chi connectivity index (χ2n) is 4.83. The average molecular weight is 296 g/mol. The highest BCUT2D eigenvalue weighted by atomic mass is 35.5. The smallest absolute Gasteiger partial charge is 0.251 e. The fourth-order valence-electron chi connectivity index (χ4n) is 2.33. The maximum atomic E-state index is 12.1. The van der Waals surface area contributed by atoms with E-state index in [1.54, 1.807) is 24.3 Å². The number of amides is 1. The molecule has 0 radical (unpaired) electrons. The topological polar surface area (TPSA) is 29.1 Å². The lowest BCUT2D eigenvalue weighted by molar-refractivity contribution is 0.0951. The Bertz CT molecular complexity index is 775. The van der Waals surface area contributed by atoms with E-state index >= 15 is 0 Å². The van der Waals surface area contributed by atoms with Gasteiger partial charge in [-0.15, -0.1) is 0 Å². The lowest BCUT2D eigenvalue weighted by Crippen LogP contribution is -2.22. The van der Waals surface area contributed by atoms with Gasteiger partial charge in [-0.3, -0.25) is 4.79 Å². The standard InChI is InChI=1S/C18H14ClNO/c19-16-10-8-14(9-11-16)18(21)20-12-15-6-3-5-13-4-1-2-7-17(13)15/h1-11H,12H2,(H,20,21). The monoisotopic (exact) mass is 295 g/mol. The highest BCUT2D eigenvalue weighted by Gasteiger charge is 2.06. The third-order valence-electron chi connectivity index (χ3n) is 3.43. The van der Waals surface area contributed by atoms with E-state index in [0.29, 0.717) is 17.1 Å². The first-order valence-corrected chi connectivity index (χ1v) is 7.12. The molecule has 0 unspecified atom stereocenters.